The molecule has 0 bridgehead atoms. The minimum Gasteiger partial charge on any atom is -0.482 e. The van der Waals surface area contributed by atoms with Crippen LogP contribution >= 0.6 is 11.6 Å². The van der Waals surface area contributed by atoms with Gasteiger partial charge in [0, 0.05) is 0 Å². The van der Waals surface area contributed by atoms with Gasteiger partial charge in [-0.1, -0.05) is 17.7 Å². The SMILES string of the molecule is Cc1cc(C)cc(OCC(=O)O[C@H](C)C(=O)Nc2ccc(F)cc2Cl)c1. The van der Waals surface area contributed by atoms with Crippen molar-refractivity contribution in [3.63, 3.8) is 0 Å². The molecule has 0 aliphatic rings. The number of esters is 1. The summed E-state index contributed by atoms with van der Waals surface area (Å²) in [6.07, 6.45) is -1.06. The minimum absolute atomic E-state index is 0.0510. The third kappa shape index (κ3) is 5.74. The summed E-state index contributed by atoms with van der Waals surface area (Å²) in [5.74, 6) is -1.24. The molecule has 5 nitrogen and oxygen atoms in total. The zero-order chi connectivity index (χ0) is 19.3. The fourth-order valence-electron chi connectivity index (χ4n) is 2.27. The van der Waals surface area contributed by atoms with Crippen LogP contribution in [0.15, 0.2) is 36.4 Å². The monoisotopic (exact) mass is 379 g/mol. The van der Waals surface area contributed by atoms with Gasteiger partial charge in [0.05, 0.1) is 10.7 Å². The van der Waals surface area contributed by atoms with E-state index in [1.807, 2.05) is 19.9 Å². The number of hydrogen-bond acceptors (Lipinski definition) is 4. The Bertz CT molecular complexity index is 805. The lowest BCUT2D eigenvalue weighted by atomic mass is 10.1. The molecule has 0 radical (unpaired) electrons. The van der Waals surface area contributed by atoms with E-state index in [4.69, 9.17) is 21.1 Å². The van der Waals surface area contributed by atoms with Gasteiger partial charge < -0.3 is 14.8 Å². The Kier molecular flexibility index (Phi) is 6.58. The number of nitrogens with one attached hydrogen (secondary N) is 1. The maximum atomic E-state index is 13.0. The van der Waals surface area contributed by atoms with Crippen LogP contribution in [0.5, 0.6) is 5.75 Å². The molecule has 0 saturated carbocycles. The summed E-state index contributed by atoms with van der Waals surface area (Å²) in [7, 11) is 0. The van der Waals surface area contributed by atoms with E-state index in [0.29, 0.717) is 5.75 Å². The fourth-order valence-corrected chi connectivity index (χ4v) is 2.48. The summed E-state index contributed by atoms with van der Waals surface area (Å²) in [5.41, 5.74) is 2.25. The van der Waals surface area contributed by atoms with Crippen LogP contribution < -0.4 is 10.1 Å². The highest BCUT2D eigenvalue weighted by Gasteiger charge is 2.19. The van der Waals surface area contributed by atoms with Gasteiger partial charge in [-0.05, 0) is 62.2 Å². The number of carbonyl (C=O) groups excluding carboxylic acids is 2. The second-order valence-electron chi connectivity index (χ2n) is 5.86. The summed E-state index contributed by atoms with van der Waals surface area (Å²) in [6.45, 7) is 4.94. The van der Waals surface area contributed by atoms with E-state index in [-0.39, 0.29) is 17.3 Å². The summed E-state index contributed by atoms with van der Waals surface area (Å²) in [6, 6.07) is 9.15. The zero-order valence-corrected chi connectivity index (χ0v) is 15.4. The van der Waals surface area contributed by atoms with Gasteiger partial charge in [-0.25, -0.2) is 9.18 Å². The van der Waals surface area contributed by atoms with Gasteiger partial charge >= 0.3 is 5.97 Å². The number of halogens is 2. The van der Waals surface area contributed by atoms with E-state index in [2.05, 4.69) is 5.32 Å². The van der Waals surface area contributed by atoms with Crippen LogP contribution in [0.25, 0.3) is 0 Å². The van der Waals surface area contributed by atoms with Crippen molar-refractivity contribution in [1.29, 1.82) is 0 Å². The molecular weight excluding hydrogens is 361 g/mol. The zero-order valence-electron chi connectivity index (χ0n) is 14.6. The number of aryl methyl sites for hydroxylation is 2. The molecule has 2 aromatic carbocycles. The van der Waals surface area contributed by atoms with Crippen molar-refractivity contribution < 1.29 is 23.5 Å². The molecular formula is C19H19ClFNO4. The number of ether oxygens (including phenoxy) is 2. The van der Waals surface area contributed by atoms with Gasteiger partial charge in [0.2, 0.25) is 0 Å². The number of carbonyl (C=O) groups is 2. The smallest absolute Gasteiger partial charge is 0.344 e. The summed E-state index contributed by atoms with van der Waals surface area (Å²) < 4.78 is 23.4. The Labute approximate surface area is 156 Å². The van der Waals surface area contributed by atoms with Gasteiger partial charge in [-0.3, -0.25) is 4.79 Å². The highest BCUT2D eigenvalue weighted by atomic mass is 35.5. The van der Waals surface area contributed by atoms with Crippen LogP contribution in [0, 0.1) is 19.7 Å². The lowest BCUT2D eigenvalue weighted by molar-refractivity contribution is -0.155. The standard InChI is InChI=1S/C19H19ClFNO4/c1-11-6-12(2)8-15(7-11)25-10-18(23)26-13(3)19(24)22-17-5-4-14(21)9-16(17)20/h4-9,13H,10H2,1-3H3,(H,22,24)/t13-/m1/s1. The molecule has 0 unspecified atom stereocenters. The maximum Gasteiger partial charge on any atom is 0.344 e. The predicted octanol–water partition coefficient (Wildman–Crippen LogP) is 4.05. The first-order chi connectivity index (χ1) is 12.2. The van der Waals surface area contributed by atoms with E-state index in [1.54, 1.807) is 12.1 Å². The average Bonchev–Trinajstić information content (AvgIpc) is 2.54. The van der Waals surface area contributed by atoms with Crippen molar-refractivity contribution >= 4 is 29.2 Å². The number of amides is 1. The van der Waals surface area contributed by atoms with Crippen LogP contribution in [0.4, 0.5) is 10.1 Å². The van der Waals surface area contributed by atoms with Crippen LogP contribution in [0.2, 0.25) is 5.02 Å². The van der Waals surface area contributed by atoms with Crippen molar-refractivity contribution in [3.05, 3.63) is 58.4 Å². The largest absolute Gasteiger partial charge is 0.482 e. The van der Waals surface area contributed by atoms with E-state index < -0.39 is 23.8 Å². The fraction of sp³-hybridized carbons (Fsp3) is 0.263. The van der Waals surface area contributed by atoms with Crippen LogP contribution in [-0.2, 0) is 14.3 Å². The molecule has 0 fully saturated rings. The van der Waals surface area contributed by atoms with Gasteiger partial charge in [0.25, 0.3) is 5.91 Å². The first-order valence-electron chi connectivity index (χ1n) is 7.91. The van der Waals surface area contributed by atoms with Crippen molar-refractivity contribution in [2.45, 2.75) is 26.9 Å². The van der Waals surface area contributed by atoms with Gasteiger partial charge in [0.15, 0.2) is 12.7 Å². The molecule has 1 atom stereocenters. The molecule has 138 valence electrons. The highest BCUT2D eigenvalue weighted by molar-refractivity contribution is 6.33. The lowest BCUT2D eigenvalue weighted by Gasteiger charge is -2.15. The number of rotatable bonds is 6. The summed E-state index contributed by atoms with van der Waals surface area (Å²) in [5, 5.41) is 2.53. The van der Waals surface area contributed by atoms with Crippen molar-refractivity contribution in [3.8, 4) is 5.75 Å². The van der Waals surface area contributed by atoms with Gasteiger partial charge in [0.1, 0.15) is 11.6 Å². The second-order valence-corrected chi connectivity index (χ2v) is 6.26. The summed E-state index contributed by atoms with van der Waals surface area (Å²) >= 11 is 5.84. The Morgan fingerprint density at radius 3 is 2.42 bits per heavy atom. The Morgan fingerprint density at radius 2 is 1.81 bits per heavy atom. The minimum atomic E-state index is -1.06. The quantitative estimate of drug-likeness (QED) is 0.769. The topological polar surface area (TPSA) is 64.6 Å². The van der Waals surface area contributed by atoms with E-state index in [0.717, 1.165) is 23.3 Å². The average molecular weight is 380 g/mol. The van der Waals surface area contributed by atoms with E-state index >= 15 is 0 Å². The predicted molar refractivity (Wildman–Crippen MR) is 97.0 cm³/mol. The third-order valence-corrected chi connectivity index (χ3v) is 3.73. The van der Waals surface area contributed by atoms with Gasteiger partial charge in [-0.2, -0.15) is 0 Å². The van der Waals surface area contributed by atoms with Gasteiger partial charge in [-0.15, -0.1) is 0 Å². The molecule has 0 heterocycles. The Morgan fingerprint density at radius 1 is 1.15 bits per heavy atom. The van der Waals surface area contributed by atoms with Crippen molar-refractivity contribution in [2.24, 2.45) is 0 Å². The molecule has 0 aliphatic carbocycles. The molecule has 0 aliphatic heterocycles. The summed E-state index contributed by atoms with van der Waals surface area (Å²) in [4.78, 5) is 23.9. The first-order valence-corrected chi connectivity index (χ1v) is 8.29. The molecule has 26 heavy (non-hydrogen) atoms. The molecule has 1 N–H and O–H groups in total. The second kappa shape index (κ2) is 8.67. The molecule has 2 rings (SSSR count). The molecule has 7 heteroatoms. The Hall–Kier alpha value is -2.60. The van der Waals surface area contributed by atoms with Crippen molar-refractivity contribution in [1.82, 2.24) is 0 Å². The maximum absolute atomic E-state index is 13.0. The number of anilines is 1. The van der Waals surface area contributed by atoms with E-state index in [9.17, 15) is 14.0 Å². The molecule has 1 amide bonds. The lowest BCUT2D eigenvalue weighted by Crippen LogP contribution is -2.31. The number of benzene rings is 2. The van der Waals surface area contributed by atoms with Crippen LogP contribution in [0.3, 0.4) is 0 Å². The Balaban J connectivity index is 1.86. The molecule has 0 saturated heterocycles. The molecule has 2 aromatic rings. The number of hydrogen-bond donors (Lipinski definition) is 1. The van der Waals surface area contributed by atoms with Crippen LogP contribution in [-0.4, -0.2) is 24.6 Å². The molecule has 0 aromatic heterocycles. The highest BCUT2D eigenvalue weighted by Crippen LogP contribution is 2.22. The normalized spacial score (nSPS) is 11.6. The van der Waals surface area contributed by atoms with Crippen molar-refractivity contribution in [2.75, 3.05) is 11.9 Å². The third-order valence-electron chi connectivity index (χ3n) is 3.42. The van der Waals surface area contributed by atoms with Crippen LogP contribution in [0.1, 0.15) is 18.1 Å². The first kappa shape index (κ1) is 19.7. The van der Waals surface area contributed by atoms with E-state index in [1.165, 1.54) is 13.0 Å². The molecule has 0 spiro atoms.